The highest BCUT2D eigenvalue weighted by molar-refractivity contribution is 5.69. The van der Waals surface area contributed by atoms with Crippen molar-refractivity contribution >= 4 is 5.69 Å². The van der Waals surface area contributed by atoms with E-state index in [0.717, 1.165) is 63.2 Å². The lowest BCUT2D eigenvalue weighted by Crippen LogP contribution is -2.39. The monoisotopic (exact) mass is 394 g/mol. The van der Waals surface area contributed by atoms with Gasteiger partial charge in [-0.1, -0.05) is 13.0 Å². The van der Waals surface area contributed by atoms with Crippen LogP contribution in [0.5, 0.6) is 5.75 Å². The summed E-state index contributed by atoms with van der Waals surface area (Å²) in [4.78, 5) is 4.33. The third kappa shape index (κ3) is 4.05. The molecule has 0 amide bonds. The first-order valence-electron chi connectivity index (χ1n) is 9.81. The topological polar surface area (TPSA) is 24.9 Å². The SMILES string of the molecule is CC1C=C2Oc3ccc(C(F)(F)F)cc3N(CCCN3CCOCC3)C2=CC1. The van der Waals surface area contributed by atoms with Crippen molar-refractivity contribution in [3.05, 3.63) is 47.4 Å². The van der Waals surface area contributed by atoms with Crippen molar-refractivity contribution in [3.63, 3.8) is 0 Å². The molecule has 7 heteroatoms. The quantitative estimate of drug-likeness (QED) is 0.754. The zero-order chi connectivity index (χ0) is 19.7. The van der Waals surface area contributed by atoms with Crippen LogP contribution in [0, 0.1) is 5.92 Å². The number of halogens is 3. The normalized spacial score (nSPS) is 22.7. The number of morpholine rings is 1. The molecule has 2 aliphatic heterocycles. The highest BCUT2D eigenvalue weighted by atomic mass is 19.4. The van der Waals surface area contributed by atoms with Gasteiger partial charge in [0.1, 0.15) is 5.76 Å². The number of ether oxygens (including phenoxy) is 2. The Morgan fingerprint density at radius 2 is 1.93 bits per heavy atom. The van der Waals surface area contributed by atoms with Crippen molar-refractivity contribution in [2.75, 3.05) is 44.3 Å². The van der Waals surface area contributed by atoms with Crippen LogP contribution < -0.4 is 9.64 Å². The van der Waals surface area contributed by atoms with Crippen molar-refractivity contribution in [3.8, 4) is 5.75 Å². The maximum Gasteiger partial charge on any atom is 0.416 e. The molecule has 152 valence electrons. The van der Waals surface area contributed by atoms with E-state index in [-0.39, 0.29) is 0 Å². The Morgan fingerprint density at radius 1 is 1.14 bits per heavy atom. The molecule has 1 saturated heterocycles. The second-order valence-corrected chi connectivity index (χ2v) is 7.57. The van der Waals surface area contributed by atoms with Gasteiger partial charge < -0.3 is 14.4 Å². The lowest BCUT2D eigenvalue weighted by molar-refractivity contribution is -0.137. The molecule has 2 heterocycles. The van der Waals surface area contributed by atoms with E-state index >= 15 is 0 Å². The Hall–Kier alpha value is -1.99. The molecule has 1 fully saturated rings. The summed E-state index contributed by atoms with van der Waals surface area (Å²) in [5, 5.41) is 0. The number of rotatable bonds is 4. The zero-order valence-corrected chi connectivity index (χ0v) is 16.0. The Bertz CT molecular complexity index is 782. The van der Waals surface area contributed by atoms with Gasteiger partial charge in [-0.15, -0.1) is 0 Å². The first kappa shape index (κ1) is 19.3. The van der Waals surface area contributed by atoms with Gasteiger partial charge in [-0.25, -0.2) is 0 Å². The number of benzene rings is 1. The third-order valence-electron chi connectivity index (χ3n) is 5.42. The minimum atomic E-state index is -4.37. The fourth-order valence-corrected chi connectivity index (χ4v) is 3.90. The lowest BCUT2D eigenvalue weighted by Gasteiger charge is -2.37. The van der Waals surface area contributed by atoms with Crippen molar-refractivity contribution in [1.82, 2.24) is 4.90 Å². The smallest absolute Gasteiger partial charge is 0.416 e. The van der Waals surface area contributed by atoms with Gasteiger partial charge in [0.25, 0.3) is 0 Å². The minimum Gasteiger partial charge on any atom is -0.453 e. The number of hydrogen-bond donors (Lipinski definition) is 0. The predicted molar refractivity (Wildman–Crippen MR) is 101 cm³/mol. The van der Waals surface area contributed by atoms with E-state index in [1.165, 1.54) is 12.1 Å². The Kier molecular flexibility index (Phi) is 5.38. The summed E-state index contributed by atoms with van der Waals surface area (Å²) in [5.74, 6) is 1.58. The van der Waals surface area contributed by atoms with Crippen LogP contribution in [-0.2, 0) is 10.9 Å². The summed E-state index contributed by atoms with van der Waals surface area (Å²) in [6.07, 6.45) is 1.48. The molecule has 0 saturated carbocycles. The summed E-state index contributed by atoms with van der Waals surface area (Å²) in [5.41, 5.74) is 0.729. The summed E-state index contributed by atoms with van der Waals surface area (Å²) in [6, 6.07) is 3.73. The maximum atomic E-state index is 13.3. The number of fused-ring (bicyclic) bond motifs is 2. The van der Waals surface area contributed by atoms with Gasteiger partial charge in [-0.3, -0.25) is 4.90 Å². The molecule has 28 heavy (non-hydrogen) atoms. The number of alkyl halides is 3. The van der Waals surface area contributed by atoms with Crippen LogP contribution in [0.25, 0.3) is 0 Å². The molecule has 0 bridgehead atoms. The fraction of sp³-hybridized carbons (Fsp3) is 0.524. The van der Waals surface area contributed by atoms with E-state index in [2.05, 4.69) is 24.0 Å². The summed E-state index contributed by atoms with van der Waals surface area (Å²) in [7, 11) is 0. The van der Waals surface area contributed by atoms with Crippen molar-refractivity contribution in [2.24, 2.45) is 5.92 Å². The van der Waals surface area contributed by atoms with Crippen molar-refractivity contribution in [1.29, 1.82) is 0 Å². The van der Waals surface area contributed by atoms with Crippen molar-refractivity contribution in [2.45, 2.75) is 25.9 Å². The van der Waals surface area contributed by atoms with Gasteiger partial charge in [0, 0.05) is 26.2 Å². The highest BCUT2D eigenvalue weighted by Gasteiger charge is 2.35. The first-order valence-corrected chi connectivity index (χ1v) is 9.81. The molecule has 1 aromatic carbocycles. The van der Waals surface area contributed by atoms with Gasteiger partial charge >= 0.3 is 6.18 Å². The average Bonchev–Trinajstić information content (AvgIpc) is 2.67. The van der Waals surface area contributed by atoms with Gasteiger partial charge in [0.05, 0.1) is 30.2 Å². The van der Waals surface area contributed by atoms with Gasteiger partial charge in [0.2, 0.25) is 0 Å². The zero-order valence-electron chi connectivity index (χ0n) is 16.0. The van der Waals surface area contributed by atoms with Gasteiger partial charge in [0.15, 0.2) is 5.75 Å². The molecule has 3 aliphatic rings. The fourth-order valence-electron chi connectivity index (χ4n) is 3.90. The molecule has 4 nitrogen and oxygen atoms in total. The van der Waals surface area contributed by atoms with Crippen molar-refractivity contribution < 1.29 is 22.6 Å². The Morgan fingerprint density at radius 3 is 2.68 bits per heavy atom. The van der Waals surface area contributed by atoms with E-state index in [4.69, 9.17) is 9.47 Å². The van der Waals surface area contributed by atoms with Crippen LogP contribution in [0.1, 0.15) is 25.3 Å². The average molecular weight is 394 g/mol. The molecular formula is C21H25F3N2O2. The molecule has 4 rings (SSSR count). The van der Waals surface area contributed by atoms with Crippen LogP contribution in [0.4, 0.5) is 18.9 Å². The molecule has 0 radical (unpaired) electrons. The van der Waals surface area contributed by atoms with E-state index in [0.29, 0.717) is 23.9 Å². The third-order valence-corrected chi connectivity index (χ3v) is 5.42. The summed E-state index contributed by atoms with van der Waals surface area (Å²) < 4.78 is 51.1. The lowest BCUT2D eigenvalue weighted by atomic mass is 9.97. The number of hydrogen-bond acceptors (Lipinski definition) is 4. The minimum absolute atomic E-state index is 0.352. The maximum absolute atomic E-state index is 13.3. The van der Waals surface area contributed by atoms with E-state index < -0.39 is 11.7 Å². The molecule has 1 aliphatic carbocycles. The number of allylic oxidation sites excluding steroid dienone is 2. The highest BCUT2D eigenvalue weighted by Crippen LogP contribution is 2.44. The number of nitrogens with zero attached hydrogens (tertiary/aromatic N) is 2. The Labute approximate surface area is 163 Å². The van der Waals surface area contributed by atoms with Crippen LogP contribution >= 0.6 is 0 Å². The Balaban J connectivity index is 1.59. The van der Waals surface area contributed by atoms with E-state index in [1.54, 1.807) is 0 Å². The molecule has 1 aromatic rings. The summed E-state index contributed by atoms with van der Waals surface area (Å²) >= 11 is 0. The molecule has 1 unspecified atom stereocenters. The van der Waals surface area contributed by atoms with Crippen LogP contribution in [0.3, 0.4) is 0 Å². The largest absolute Gasteiger partial charge is 0.453 e. The molecular weight excluding hydrogens is 369 g/mol. The predicted octanol–water partition coefficient (Wildman–Crippen LogP) is 4.43. The summed E-state index contributed by atoms with van der Waals surface area (Å²) in [6.45, 7) is 6.95. The molecule has 0 spiro atoms. The number of anilines is 1. The molecule has 1 atom stereocenters. The van der Waals surface area contributed by atoms with Gasteiger partial charge in [-0.2, -0.15) is 13.2 Å². The van der Waals surface area contributed by atoms with E-state index in [9.17, 15) is 13.2 Å². The van der Waals surface area contributed by atoms with Crippen LogP contribution in [-0.4, -0.2) is 44.3 Å². The van der Waals surface area contributed by atoms with Gasteiger partial charge in [-0.05, 0) is 43.0 Å². The first-order chi connectivity index (χ1) is 13.4. The molecule has 0 aromatic heterocycles. The standard InChI is InChI=1S/C21H25F3N2O2/c1-15-3-5-17-20(13-15)28-19-6-4-16(21(22,23)24)14-18(19)26(17)8-2-7-25-9-11-27-12-10-25/h4-6,13-15H,2-3,7-12H2,1H3. The van der Waals surface area contributed by atoms with Crippen LogP contribution in [0.15, 0.2) is 41.8 Å². The van der Waals surface area contributed by atoms with Crippen LogP contribution in [0.2, 0.25) is 0 Å². The second-order valence-electron chi connectivity index (χ2n) is 7.57. The second kappa shape index (κ2) is 7.79. The van der Waals surface area contributed by atoms with E-state index in [1.807, 2.05) is 4.90 Å². The molecule has 0 N–H and O–H groups in total.